The molecule has 0 saturated heterocycles. The number of thiazole rings is 1. The summed E-state index contributed by atoms with van der Waals surface area (Å²) in [5.41, 5.74) is 2.58. The molecule has 1 N–H and O–H groups in total. The molecule has 2 aromatic heterocycles. The van der Waals surface area contributed by atoms with Gasteiger partial charge < -0.3 is 5.32 Å². The average Bonchev–Trinajstić information content (AvgIpc) is 2.83. The van der Waals surface area contributed by atoms with Crippen LogP contribution in [0.1, 0.15) is 27.9 Å². The normalized spacial score (nSPS) is 10.7. The van der Waals surface area contributed by atoms with Crippen molar-refractivity contribution >= 4 is 27.8 Å². The first-order valence-corrected chi connectivity index (χ1v) is 7.13. The second kappa shape index (κ2) is 4.97. The summed E-state index contributed by atoms with van der Waals surface area (Å²) in [4.78, 5) is 7.20. The van der Waals surface area contributed by atoms with Gasteiger partial charge in [-0.2, -0.15) is 0 Å². The van der Waals surface area contributed by atoms with E-state index in [9.17, 15) is 0 Å². The SMILES string of the molecule is CCc1ccsc1CNc1nc(C)c(C)s1. The number of aromatic nitrogens is 1. The van der Waals surface area contributed by atoms with Gasteiger partial charge in [0.15, 0.2) is 5.13 Å². The molecular formula is C12H16N2S2. The predicted octanol–water partition coefficient (Wildman–Crippen LogP) is 4.00. The molecule has 0 amide bonds. The Kier molecular flexibility index (Phi) is 3.61. The van der Waals surface area contributed by atoms with Crippen LogP contribution >= 0.6 is 22.7 Å². The van der Waals surface area contributed by atoms with Crippen LogP contribution in [0.15, 0.2) is 11.4 Å². The van der Waals surface area contributed by atoms with E-state index in [-0.39, 0.29) is 0 Å². The zero-order valence-electron chi connectivity index (χ0n) is 9.83. The summed E-state index contributed by atoms with van der Waals surface area (Å²) >= 11 is 3.55. The molecule has 2 heterocycles. The maximum atomic E-state index is 4.48. The van der Waals surface area contributed by atoms with Gasteiger partial charge in [0.1, 0.15) is 0 Å². The summed E-state index contributed by atoms with van der Waals surface area (Å²) in [6.07, 6.45) is 1.11. The third-order valence-corrected chi connectivity index (χ3v) is 4.64. The summed E-state index contributed by atoms with van der Waals surface area (Å²) in [6, 6.07) is 2.21. The van der Waals surface area contributed by atoms with Crippen LogP contribution in [-0.2, 0) is 13.0 Å². The van der Waals surface area contributed by atoms with Crippen molar-refractivity contribution in [1.29, 1.82) is 0 Å². The van der Waals surface area contributed by atoms with Crippen molar-refractivity contribution in [3.8, 4) is 0 Å². The molecule has 2 rings (SSSR count). The van der Waals surface area contributed by atoms with E-state index < -0.39 is 0 Å². The molecule has 0 unspecified atom stereocenters. The van der Waals surface area contributed by atoms with E-state index in [1.807, 2.05) is 11.3 Å². The summed E-state index contributed by atoms with van der Waals surface area (Å²) in [5, 5.41) is 6.59. The molecule has 0 aliphatic heterocycles. The van der Waals surface area contributed by atoms with Crippen molar-refractivity contribution in [2.75, 3.05) is 5.32 Å². The third-order valence-electron chi connectivity index (χ3n) is 2.65. The number of hydrogen-bond acceptors (Lipinski definition) is 4. The smallest absolute Gasteiger partial charge is 0.183 e. The quantitative estimate of drug-likeness (QED) is 0.889. The van der Waals surface area contributed by atoms with E-state index in [1.54, 1.807) is 11.3 Å². The molecule has 0 atom stereocenters. The Morgan fingerprint density at radius 3 is 2.81 bits per heavy atom. The molecule has 2 nitrogen and oxygen atoms in total. The lowest BCUT2D eigenvalue weighted by atomic mass is 10.2. The molecule has 0 saturated carbocycles. The van der Waals surface area contributed by atoms with Crippen LogP contribution < -0.4 is 5.32 Å². The van der Waals surface area contributed by atoms with Gasteiger partial charge in [-0.1, -0.05) is 6.92 Å². The molecule has 0 aromatic carbocycles. The number of rotatable bonds is 4. The Hall–Kier alpha value is -0.870. The minimum absolute atomic E-state index is 0.896. The van der Waals surface area contributed by atoms with Gasteiger partial charge in [0.2, 0.25) is 0 Å². The van der Waals surface area contributed by atoms with Crippen molar-refractivity contribution in [3.05, 3.63) is 32.5 Å². The number of anilines is 1. The van der Waals surface area contributed by atoms with E-state index in [0.29, 0.717) is 0 Å². The highest BCUT2D eigenvalue weighted by Crippen LogP contribution is 2.23. The molecule has 4 heteroatoms. The topological polar surface area (TPSA) is 24.9 Å². The first kappa shape index (κ1) is 11.6. The molecule has 16 heavy (non-hydrogen) atoms. The van der Waals surface area contributed by atoms with Gasteiger partial charge in [0, 0.05) is 9.75 Å². The highest BCUT2D eigenvalue weighted by molar-refractivity contribution is 7.15. The Balaban J connectivity index is 2.02. The average molecular weight is 252 g/mol. The highest BCUT2D eigenvalue weighted by atomic mass is 32.1. The van der Waals surface area contributed by atoms with Crippen LogP contribution in [0, 0.1) is 13.8 Å². The lowest BCUT2D eigenvalue weighted by molar-refractivity contribution is 1.07. The Labute approximate surface area is 104 Å². The fourth-order valence-electron chi connectivity index (χ4n) is 1.54. The van der Waals surface area contributed by atoms with Gasteiger partial charge in [-0.25, -0.2) is 4.98 Å². The summed E-state index contributed by atoms with van der Waals surface area (Å²) < 4.78 is 0. The Morgan fingerprint density at radius 1 is 1.38 bits per heavy atom. The minimum atomic E-state index is 0.896. The van der Waals surface area contributed by atoms with Gasteiger partial charge in [-0.15, -0.1) is 22.7 Å². The fraction of sp³-hybridized carbons (Fsp3) is 0.417. The van der Waals surface area contributed by atoms with Gasteiger partial charge in [0.05, 0.1) is 12.2 Å². The lowest BCUT2D eigenvalue weighted by Gasteiger charge is -2.02. The van der Waals surface area contributed by atoms with E-state index in [1.165, 1.54) is 15.3 Å². The molecule has 0 spiro atoms. The van der Waals surface area contributed by atoms with Crippen LogP contribution in [0.2, 0.25) is 0 Å². The largest absolute Gasteiger partial charge is 0.357 e. The molecule has 0 radical (unpaired) electrons. The van der Waals surface area contributed by atoms with Crippen LogP contribution in [-0.4, -0.2) is 4.98 Å². The third kappa shape index (κ3) is 2.44. The minimum Gasteiger partial charge on any atom is -0.357 e. The highest BCUT2D eigenvalue weighted by Gasteiger charge is 2.05. The fourth-order valence-corrected chi connectivity index (χ4v) is 3.27. The van der Waals surface area contributed by atoms with Crippen molar-refractivity contribution in [2.24, 2.45) is 0 Å². The first-order valence-electron chi connectivity index (χ1n) is 5.44. The zero-order valence-corrected chi connectivity index (χ0v) is 11.5. The van der Waals surface area contributed by atoms with E-state index >= 15 is 0 Å². The van der Waals surface area contributed by atoms with E-state index in [4.69, 9.17) is 0 Å². The van der Waals surface area contributed by atoms with Crippen molar-refractivity contribution in [1.82, 2.24) is 4.98 Å². The second-order valence-corrected chi connectivity index (χ2v) is 5.94. The van der Waals surface area contributed by atoms with Crippen molar-refractivity contribution in [2.45, 2.75) is 33.7 Å². The second-order valence-electron chi connectivity index (χ2n) is 3.74. The lowest BCUT2D eigenvalue weighted by Crippen LogP contribution is -1.99. The first-order chi connectivity index (χ1) is 7.70. The number of thiophene rings is 1. The molecule has 86 valence electrons. The maximum absolute atomic E-state index is 4.48. The standard InChI is InChI=1S/C12H16N2S2/c1-4-10-5-6-15-11(10)7-13-12-14-8(2)9(3)16-12/h5-6H,4,7H2,1-3H3,(H,13,14). The van der Waals surface area contributed by atoms with Crippen LogP contribution in [0.3, 0.4) is 0 Å². The monoisotopic (exact) mass is 252 g/mol. The van der Waals surface area contributed by atoms with Crippen molar-refractivity contribution < 1.29 is 0 Å². The van der Waals surface area contributed by atoms with Gasteiger partial charge in [-0.05, 0) is 37.3 Å². The summed E-state index contributed by atoms with van der Waals surface area (Å²) in [5.74, 6) is 0. The van der Waals surface area contributed by atoms with E-state index in [0.717, 1.165) is 23.8 Å². The Morgan fingerprint density at radius 2 is 2.19 bits per heavy atom. The molecule has 2 aromatic rings. The molecule has 0 fully saturated rings. The maximum Gasteiger partial charge on any atom is 0.183 e. The van der Waals surface area contributed by atoms with Gasteiger partial charge >= 0.3 is 0 Å². The number of hydrogen-bond donors (Lipinski definition) is 1. The summed E-state index contributed by atoms with van der Waals surface area (Å²) in [7, 11) is 0. The molecular weight excluding hydrogens is 236 g/mol. The molecule has 0 aliphatic carbocycles. The van der Waals surface area contributed by atoms with Crippen molar-refractivity contribution in [3.63, 3.8) is 0 Å². The number of nitrogens with one attached hydrogen (secondary N) is 1. The van der Waals surface area contributed by atoms with Crippen LogP contribution in [0.25, 0.3) is 0 Å². The molecule has 0 aliphatic rings. The Bertz CT molecular complexity index is 452. The predicted molar refractivity (Wildman–Crippen MR) is 72.6 cm³/mol. The zero-order chi connectivity index (χ0) is 11.5. The van der Waals surface area contributed by atoms with Gasteiger partial charge in [-0.3, -0.25) is 0 Å². The van der Waals surface area contributed by atoms with Crippen LogP contribution in [0.4, 0.5) is 5.13 Å². The molecule has 0 bridgehead atoms. The number of nitrogens with zero attached hydrogens (tertiary/aromatic N) is 1. The summed E-state index contributed by atoms with van der Waals surface area (Å²) in [6.45, 7) is 7.26. The van der Waals surface area contributed by atoms with E-state index in [2.05, 4.69) is 42.5 Å². The van der Waals surface area contributed by atoms with Gasteiger partial charge in [0.25, 0.3) is 0 Å². The number of aryl methyl sites for hydroxylation is 3. The van der Waals surface area contributed by atoms with Crippen LogP contribution in [0.5, 0.6) is 0 Å².